The summed E-state index contributed by atoms with van der Waals surface area (Å²) in [5, 5.41) is 11.0. The molecule has 2 saturated heterocycles. The Balaban J connectivity index is 1.20. The van der Waals surface area contributed by atoms with Crippen LogP contribution in [0.1, 0.15) is 43.2 Å². The lowest BCUT2D eigenvalue weighted by Crippen LogP contribution is -2.94. The van der Waals surface area contributed by atoms with Crippen LogP contribution in [0, 0.1) is 15.5 Å². The summed E-state index contributed by atoms with van der Waals surface area (Å²) in [6.07, 6.45) is 4.25. The van der Waals surface area contributed by atoms with Crippen LogP contribution in [0.4, 0.5) is 10.5 Å². The van der Waals surface area contributed by atoms with Gasteiger partial charge < -0.3 is 18.7 Å². The number of benzene rings is 3. The summed E-state index contributed by atoms with van der Waals surface area (Å²) in [6, 6.07) is 23.9. The zero-order valence-electron chi connectivity index (χ0n) is 22.5. The van der Waals surface area contributed by atoms with Crippen molar-refractivity contribution in [2.24, 2.45) is 5.41 Å². The highest BCUT2D eigenvalue weighted by molar-refractivity contribution is 5.88. The minimum atomic E-state index is -1.91. The quantitative estimate of drug-likeness (QED) is 0.124. The monoisotopic (exact) mass is 555 g/mol. The minimum Gasteiger partial charge on any atom is -0.458 e. The van der Waals surface area contributed by atoms with Gasteiger partial charge in [0.05, 0.1) is 18.0 Å². The number of non-ortho nitro benzene ring substituents is 1. The van der Waals surface area contributed by atoms with E-state index in [9.17, 15) is 19.7 Å². The minimum absolute atomic E-state index is 0.0401. The van der Waals surface area contributed by atoms with Crippen LogP contribution in [0.5, 0.6) is 5.75 Å². The average molecular weight is 556 g/mol. The Morgan fingerprint density at radius 1 is 0.878 bits per heavy atom. The Bertz CT molecular complexity index is 1440. The molecular formula is C32H31N2O7+. The second-order valence-corrected chi connectivity index (χ2v) is 11.7. The van der Waals surface area contributed by atoms with Crippen molar-refractivity contribution < 1.29 is 33.2 Å². The van der Waals surface area contributed by atoms with Crippen molar-refractivity contribution in [2.45, 2.75) is 55.9 Å². The third-order valence-corrected chi connectivity index (χ3v) is 10.2. The van der Waals surface area contributed by atoms with Crippen molar-refractivity contribution in [3.05, 3.63) is 106 Å². The summed E-state index contributed by atoms with van der Waals surface area (Å²) in [7, 11) is 0. The molecule has 210 valence electrons. The molecule has 0 bridgehead atoms. The molecule has 9 nitrogen and oxygen atoms in total. The fraction of sp³-hybridized carbons (Fsp3) is 0.375. The third-order valence-electron chi connectivity index (χ3n) is 10.2. The van der Waals surface area contributed by atoms with Crippen molar-refractivity contribution in [3.63, 3.8) is 0 Å². The van der Waals surface area contributed by atoms with Crippen LogP contribution >= 0.6 is 0 Å². The Labute approximate surface area is 237 Å². The Kier molecular flexibility index (Phi) is 5.90. The van der Waals surface area contributed by atoms with Crippen molar-refractivity contribution in [1.29, 1.82) is 0 Å². The lowest BCUT2D eigenvalue weighted by Gasteiger charge is -2.80. The average Bonchev–Trinajstić information content (AvgIpc) is 3.44. The Morgan fingerprint density at radius 3 is 2.00 bits per heavy atom. The molecule has 3 aromatic carbocycles. The number of carbonyl (C=O) groups is 2. The number of carbonyl (C=O) groups excluding carboxylic acids is 2. The zero-order valence-corrected chi connectivity index (χ0v) is 22.5. The second-order valence-electron chi connectivity index (χ2n) is 11.7. The van der Waals surface area contributed by atoms with Gasteiger partial charge in [0.25, 0.3) is 11.3 Å². The molecule has 2 aliphatic carbocycles. The lowest BCUT2D eigenvalue weighted by atomic mass is 9.39. The molecular weight excluding hydrogens is 524 g/mol. The molecule has 2 spiro atoms. The van der Waals surface area contributed by atoms with Crippen LogP contribution in [-0.4, -0.2) is 52.8 Å². The van der Waals surface area contributed by atoms with E-state index in [1.165, 1.54) is 61.1 Å². The van der Waals surface area contributed by atoms with Crippen LogP contribution in [0.3, 0.4) is 0 Å². The first-order valence-electron chi connectivity index (χ1n) is 14.2. The zero-order chi connectivity index (χ0) is 28.2. The first-order chi connectivity index (χ1) is 19.9. The van der Waals surface area contributed by atoms with Crippen LogP contribution < -0.4 is 4.74 Å². The molecule has 0 amide bonds. The smallest absolute Gasteiger partial charge is 0.458 e. The van der Waals surface area contributed by atoms with Crippen LogP contribution in [0.15, 0.2) is 84.9 Å². The number of nitrogens with zero attached hydrogens (tertiary/aromatic N) is 2. The van der Waals surface area contributed by atoms with Crippen molar-refractivity contribution in [1.82, 2.24) is 0 Å². The second kappa shape index (κ2) is 9.41. The number of hydrogen-bond acceptors (Lipinski definition) is 7. The molecule has 3 aromatic rings. The molecule has 2 saturated carbocycles. The number of rotatable bonds is 7. The first-order valence-corrected chi connectivity index (χ1v) is 14.2. The fourth-order valence-electron chi connectivity index (χ4n) is 8.33. The van der Waals surface area contributed by atoms with E-state index in [4.69, 9.17) is 14.2 Å². The third kappa shape index (κ3) is 3.64. The topological polar surface area (TPSA) is 105 Å². The van der Waals surface area contributed by atoms with Crippen molar-refractivity contribution >= 4 is 17.8 Å². The molecule has 7 rings (SSSR count). The van der Waals surface area contributed by atoms with E-state index < -0.39 is 22.6 Å². The van der Waals surface area contributed by atoms with E-state index in [1.54, 1.807) is 48.5 Å². The summed E-state index contributed by atoms with van der Waals surface area (Å²) in [6.45, 7) is 2.46. The van der Waals surface area contributed by atoms with Crippen LogP contribution in [0.25, 0.3) is 0 Å². The van der Waals surface area contributed by atoms with Gasteiger partial charge in [-0.1, -0.05) is 60.7 Å². The van der Waals surface area contributed by atoms with E-state index in [-0.39, 0.29) is 23.0 Å². The number of ether oxygens (including phenoxy) is 3. The molecule has 0 N–H and O–H groups in total. The van der Waals surface area contributed by atoms with Gasteiger partial charge in [0.1, 0.15) is 29.4 Å². The van der Waals surface area contributed by atoms with E-state index >= 15 is 0 Å². The van der Waals surface area contributed by atoms with Gasteiger partial charge >= 0.3 is 12.1 Å². The predicted octanol–water partition coefficient (Wildman–Crippen LogP) is 5.51. The van der Waals surface area contributed by atoms with Crippen molar-refractivity contribution in [2.75, 3.05) is 13.1 Å². The van der Waals surface area contributed by atoms with Gasteiger partial charge in [-0.2, -0.15) is 0 Å². The summed E-state index contributed by atoms with van der Waals surface area (Å²) in [5.41, 5.74) is -1.14. The summed E-state index contributed by atoms with van der Waals surface area (Å²) < 4.78 is 19.0. The van der Waals surface area contributed by atoms with E-state index in [0.717, 1.165) is 12.8 Å². The van der Waals surface area contributed by atoms with Gasteiger partial charge in [0, 0.05) is 48.9 Å². The Morgan fingerprint density at radius 2 is 1.49 bits per heavy atom. The number of esters is 1. The van der Waals surface area contributed by atoms with Gasteiger partial charge in [-0.05, 0) is 18.6 Å². The predicted molar refractivity (Wildman–Crippen MR) is 147 cm³/mol. The number of fused-ring (bicyclic) bond motifs is 2. The normalized spacial score (nSPS) is 26.8. The van der Waals surface area contributed by atoms with Gasteiger partial charge in [0.2, 0.25) is 0 Å². The van der Waals surface area contributed by atoms with Crippen molar-refractivity contribution in [3.8, 4) is 5.75 Å². The molecule has 9 heteroatoms. The van der Waals surface area contributed by atoms with E-state index in [0.29, 0.717) is 23.2 Å². The maximum atomic E-state index is 14.4. The molecule has 0 radical (unpaired) electrons. The van der Waals surface area contributed by atoms with Crippen LogP contribution in [0.2, 0.25) is 0 Å². The highest BCUT2D eigenvalue weighted by Gasteiger charge is 2.86. The first kappa shape index (κ1) is 25.7. The number of nitro groups is 1. The number of piperidine rings is 2. The summed E-state index contributed by atoms with van der Waals surface area (Å²) in [5.74, 6) is -0.602. The highest BCUT2D eigenvalue weighted by Crippen LogP contribution is 2.73. The molecule has 4 atom stereocenters. The SMILES string of the molecule is O=C(Oc1ccc([N+](=O)[O-])cc1)OC(C(=O)OC1CC2C13CCC3[N+]21CCCC1)(c1ccccc1)c1ccccc1. The lowest BCUT2D eigenvalue weighted by molar-refractivity contribution is -1.05. The Hall–Kier alpha value is -4.24. The van der Waals surface area contributed by atoms with E-state index in [1.807, 2.05) is 12.1 Å². The largest absolute Gasteiger partial charge is 0.515 e. The highest BCUT2D eigenvalue weighted by atomic mass is 16.7. The number of hydrogen-bond donors (Lipinski definition) is 0. The number of nitro benzene ring substituents is 1. The maximum absolute atomic E-state index is 14.4. The fourth-order valence-corrected chi connectivity index (χ4v) is 8.33. The summed E-state index contributed by atoms with van der Waals surface area (Å²) in [4.78, 5) is 38.2. The maximum Gasteiger partial charge on any atom is 0.515 e. The molecule has 4 aliphatic rings. The van der Waals surface area contributed by atoms with Crippen LogP contribution in [-0.2, 0) is 19.9 Å². The number of quaternary nitrogens is 1. The molecule has 41 heavy (non-hydrogen) atoms. The van der Waals surface area contributed by atoms with Gasteiger partial charge in [-0.3, -0.25) is 10.1 Å². The molecule has 2 heterocycles. The van der Waals surface area contributed by atoms with E-state index in [2.05, 4.69) is 0 Å². The van der Waals surface area contributed by atoms with Gasteiger partial charge in [-0.25, -0.2) is 9.59 Å². The van der Waals surface area contributed by atoms with Gasteiger partial charge in [-0.15, -0.1) is 0 Å². The molecule has 0 aromatic heterocycles. The standard InChI is InChI=1S/C32H31N2O7/c35-29(40-28-21-27-31(28)18-17-26(31)34(27)19-7-8-20-34)32(22-9-3-1-4-10-22,23-11-5-2-6-12-23)41-30(36)39-25-15-13-24(14-16-25)33(37)38/h1-6,9-16,26-28H,7-8,17-21H2/q+1. The molecule has 2 aliphatic heterocycles. The van der Waals surface area contributed by atoms with Gasteiger partial charge in [0.15, 0.2) is 0 Å². The molecule has 4 fully saturated rings. The summed E-state index contributed by atoms with van der Waals surface area (Å²) >= 11 is 0. The molecule has 4 unspecified atom stereocenters.